The largest absolute Gasteiger partial charge is 0.343 e. The summed E-state index contributed by atoms with van der Waals surface area (Å²) in [7, 11) is 0. The molecule has 0 fully saturated rings. The molecule has 3 nitrogen and oxygen atoms in total. The van der Waals surface area contributed by atoms with Crippen molar-refractivity contribution in [3.63, 3.8) is 0 Å². The average molecular weight is 624 g/mol. The average Bonchev–Trinajstić information content (AvgIpc) is 3.67. The Labute approximate surface area is 284 Å². The van der Waals surface area contributed by atoms with E-state index in [0.29, 0.717) is 0 Å². The van der Waals surface area contributed by atoms with Gasteiger partial charge in [-0.15, -0.1) is 0 Å². The molecule has 0 saturated carbocycles. The monoisotopic (exact) mass is 623 g/mol. The zero-order valence-corrected chi connectivity index (χ0v) is 27.8. The molecule has 48 heavy (non-hydrogen) atoms. The van der Waals surface area contributed by atoms with Gasteiger partial charge in [-0.25, -0.2) is 4.99 Å². The number of rotatable bonds is 9. The summed E-state index contributed by atoms with van der Waals surface area (Å²) in [5.41, 5.74) is 14.4. The molecular weight excluding hydrogens is 583 g/mol. The SMILES string of the molecule is C=C/C=C1\CC(n2c3ccccc3c3c4c(ccc32)C(C=C)=C(/C(=C\C)c2ccccc2)C4)N=C(c2cccc(/C(C=C)=C/CC)c2)N1. The smallest absolute Gasteiger partial charge is 0.134 e. The van der Waals surface area contributed by atoms with Crippen molar-refractivity contribution >= 4 is 44.4 Å². The molecule has 0 spiro atoms. The van der Waals surface area contributed by atoms with Gasteiger partial charge in [0, 0.05) is 28.5 Å². The Balaban J connectivity index is 1.40. The van der Waals surface area contributed by atoms with Crippen LogP contribution in [-0.2, 0) is 6.42 Å². The standard InChI is InChI=1S/C45H41N3/c1-6-17-30(8-3)32-21-16-22-33(27-32)45-46-34(18-7-2)28-43(47-45)48-41-24-15-14-23-38(41)44-40-29-39(35(9-4)31-19-12-11-13-20-31)36(10-5)37(40)25-26-42(44)48/h7-27,43H,2-3,5-6,28-29H2,1,4H3,(H,46,47)/b30-17+,34-18+,35-9-. The maximum absolute atomic E-state index is 5.43. The van der Waals surface area contributed by atoms with E-state index >= 15 is 0 Å². The van der Waals surface area contributed by atoms with Gasteiger partial charge in [0.25, 0.3) is 0 Å². The lowest BCUT2D eigenvalue weighted by Crippen LogP contribution is -2.31. The molecule has 2 aliphatic rings. The molecule has 5 aromatic rings. The number of nitrogens with zero attached hydrogens (tertiary/aromatic N) is 2. The van der Waals surface area contributed by atoms with Crippen LogP contribution in [0.4, 0.5) is 0 Å². The zero-order valence-electron chi connectivity index (χ0n) is 27.8. The van der Waals surface area contributed by atoms with E-state index in [2.05, 4.69) is 153 Å². The molecule has 0 radical (unpaired) electrons. The minimum absolute atomic E-state index is 0.148. The van der Waals surface area contributed by atoms with E-state index in [0.717, 1.165) is 47.5 Å². The van der Waals surface area contributed by atoms with Gasteiger partial charge in [-0.2, -0.15) is 0 Å². The topological polar surface area (TPSA) is 29.3 Å². The Morgan fingerprint density at radius 1 is 0.917 bits per heavy atom. The zero-order chi connectivity index (χ0) is 33.2. The van der Waals surface area contributed by atoms with Crippen LogP contribution in [0, 0.1) is 0 Å². The predicted molar refractivity (Wildman–Crippen MR) is 207 cm³/mol. The molecule has 0 amide bonds. The van der Waals surface area contributed by atoms with Crippen molar-refractivity contribution in [3.8, 4) is 0 Å². The van der Waals surface area contributed by atoms with Gasteiger partial charge >= 0.3 is 0 Å². The van der Waals surface area contributed by atoms with E-state index in [-0.39, 0.29) is 6.17 Å². The maximum Gasteiger partial charge on any atom is 0.134 e. The van der Waals surface area contributed by atoms with Gasteiger partial charge in [-0.1, -0.05) is 130 Å². The number of aromatic nitrogens is 1. The first-order chi connectivity index (χ1) is 23.6. The third-order valence-electron chi connectivity index (χ3n) is 9.54. The van der Waals surface area contributed by atoms with E-state index < -0.39 is 0 Å². The number of amidine groups is 1. The van der Waals surface area contributed by atoms with Crippen LogP contribution in [0.25, 0.3) is 38.5 Å². The highest BCUT2D eigenvalue weighted by Crippen LogP contribution is 2.46. The first-order valence-corrected chi connectivity index (χ1v) is 16.8. The molecule has 1 aliphatic carbocycles. The Kier molecular flexibility index (Phi) is 8.52. The van der Waals surface area contributed by atoms with Crippen molar-refractivity contribution < 1.29 is 0 Å². The number of fused-ring (bicyclic) bond motifs is 5. The van der Waals surface area contributed by atoms with E-state index in [1.54, 1.807) is 0 Å². The van der Waals surface area contributed by atoms with Gasteiger partial charge in [0.1, 0.15) is 12.0 Å². The lowest BCUT2D eigenvalue weighted by atomic mass is 9.93. The molecule has 1 aromatic heterocycles. The van der Waals surface area contributed by atoms with Gasteiger partial charge in [0.2, 0.25) is 0 Å². The molecule has 236 valence electrons. The fraction of sp³-hybridized carbons (Fsp3) is 0.133. The second-order valence-corrected chi connectivity index (χ2v) is 12.3. The Morgan fingerprint density at radius 2 is 1.71 bits per heavy atom. The number of hydrogen-bond acceptors (Lipinski definition) is 2. The highest BCUT2D eigenvalue weighted by atomic mass is 15.2. The first-order valence-electron chi connectivity index (χ1n) is 16.8. The highest BCUT2D eigenvalue weighted by molar-refractivity contribution is 6.13. The molecule has 1 aliphatic heterocycles. The van der Waals surface area contributed by atoms with E-state index in [9.17, 15) is 0 Å². The van der Waals surface area contributed by atoms with Crippen LogP contribution in [0.1, 0.15) is 60.7 Å². The first kappa shape index (κ1) is 31.0. The summed E-state index contributed by atoms with van der Waals surface area (Å²) in [6.07, 6.45) is 14.7. The molecular formula is C45H41N3. The summed E-state index contributed by atoms with van der Waals surface area (Å²) in [5, 5.41) is 6.18. The van der Waals surface area contributed by atoms with Crippen molar-refractivity contribution in [2.75, 3.05) is 0 Å². The molecule has 4 aromatic carbocycles. The van der Waals surface area contributed by atoms with Crippen molar-refractivity contribution in [3.05, 3.63) is 186 Å². The van der Waals surface area contributed by atoms with E-state index in [1.165, 1.54) is 55.2 Å². The normalized spacial score (nSPS) is 17.4. The summed E-state index contributed by atoms with van der Waals surface area (Å²) in [4.78, 5) is 5.43. The highest BCUT2D eigenvalue weighted by Gasteiger charge is 2.29. The Morgan fingerprint density at radius 3 is 2.46 bits per heavy atom. The number of aliphatic imine (C=N–C) groups is 1. The minimum Gasteiger partial charge on any atom is -0.343 e. The maximum atomic E-state index is 5.43. The van der Waals surface area contributed by atoms with Crippen LogP contribution >= 0.6 is 0 Å². The van der Waals surface area contributed by atoms with E-state index in [1.807, 2.05) is 18.2 Å². The van der Waals surface area contributed by atoms with Crippen LogP contribution in [0.5, 0.6) is 0 Å². The third kappa shape index (κ3) is 5.32. The fourth-order valence-electron chi connectivity index (χ4n) is 7.52. The van der Waals surface area contributed by atoms with Crippen molar-refractivity contribution in [2.45, 2.75) is 39.3 Å². The summed E-state index contributed by atoms with van der Waals surface area (Å²) < 4.78 is 2.44. The van der Waals surface area contributed by atoms with Gasteiger partial charge in [0.15, 0.2) is 0 Å². The Hall–Kier alpha value is -5.67. The lowest BCUT2D eigenvalue weighted by molar-refractivity contribution is 0.524. The predicted octanol–water partition coefficient (Wildman–Crippen LogP) is 11.4. The van der Waals surface area contributed by atoms with Crippen molar-refractivity contribution in [1.29, 1.82) is 0 Å². The second kappa shape index (κ2) is 13.2. The van der Waals surface area contributed by atoms with Crippen LogP contribution in [0.15, 0.2) is 163 Å². The van der Waals surface area contributed by atoms with Crippen LogP contribution in [0.2, 0.25) is 0 Å². The number of benzene rings is 4. The third-order valence-corrected chi connectivity index (χ3v) is 9.54. The second-order valence-electron chi connectivity index (χ2n) is 12.3. The Bertz CT molecular complexity index is 2250. The summed E-state index contributed by atoms with van der Waals surface area (Å²) in [6.45, 7) is 16.6. The molecule has 2 heterocycles. The van der Waals surface area contributed by atoms with Gasteiger partial charge in [-0.05, 0) is 88.6 Å². The molecule has 0 bridgehead atoms. The van der Waals surface area contributed by atoms with Crippen LogP contribution in [0.3, 0.4) is 0 Å². The van der Waals surface area contributed by atoms with Crippen molar-refractivity contribution in [1.82, 2.24) is 9.88 Å². The molecule has 1 atom stereocenters. The van der Waals surface area contributed by atoms with E-state index in [4.69, 9.17) is 4.99 Å². The molecule has 3 heteroatoms. The lowest BCUT2D eigenvalue weighted by Gasteiger charge is -2.27. The number of hydrogen-bond donors (Lipinski definition) is 1. The molecule has 0 saturated heterocycles. The van der Waals surface area contributed by atoms with Crippen LogP contribution in [-0.4, -0.2) is 10.4 Å². The fourth-order valence-corrected chi connectivity index (χ4v) is 7.52. The molecule has 1 N–H and O–H groups in total. The summed E-state index contributed by atoms with van der Waals surface area (Å²) in [5.74, 6) is 0.853. The summed E-state index contributed by atoms with van der Waals surface area (Å²) in [6, 6.07) is 32.6. The van der Waals surface area contributed by atoms with Crippen molar-refractivity contribution in [2.24, 2.45) is 4.99 Å². The van der Waals surface area contributed by atoms with Crippen LogP contribution < -0.4 is 5.32 Å². The minimum atomic E-state index is -0.148. The number of allylic oxidation sites excluding steroid dienone is 10. The van der Waals surface area contributed by atoms with Gasteiger partial charge in [0.05, 0.1) is 11.0 Å². The molecule has 7 rings (SSSR count). The molecule has 1 unspecified atom stereocenters. The number of para-hydroxylation sites is 1. The quantitative estimate of drug-likeness (QED) is 0.163. The van der Waals surface area contributed by atoms with Gasteiger partial charge < -0.3 is 9.88 Å². The van der Waals surface area contributed by atoms with Gasteiger partial charge in [-0.3, -0.25) is 0 Å². The number of nitrogens with one attached hydrogen (secondary N) is 1. The summed E-state index contributed by atoms with van der Waals surface area (Å²) >= 11 is 0.